The minimum atomic E-state index is 0.0468. The van der Waals surface area contributed by atoms with E-state index in [1.54, 1.807) is 23.1 Å². The van der Waals surface area contributed by atoms with Gasteiger partial charge < -0.3 is 0 Å². The van der Waals surface area contributed by atoms with Crippen molar-refractivity contribution in [1.29, 1.82) is 0 Å². The van der Waals surface area contributed by atoms with E-state index in [0.717, 1.165) is 62.5 Å². The second kappa shape index (κ2) is 5.61. The molecule has 1 saturated heterocycles. The van der Waals surface area contributed by atoms with Crippen LogP contribution < -0.4 is 5.56 Å². The van der Waals surface area contributed by atoms with Gasteiger partial charge in [0.1, 0.15) is 5.82 Å². The smallest absolute Gasteiger partial charge is 0.267 e. The summed E-state index contributed by atoms with van der Waals surface area (Å²) in [5.74, 6) is 1.35. The highest BCUT2D eigenvalue weighted by molar-refractivity contribution is 5.22. The van der Waals surface area contributed by atoms with Crippen LogP contribution >= 0.6 is 0 Å². The van der Waals surface area contributed by atoms with Crippen LogP contribution in [-0.4, -0.2) is 37.7 Å². The molecule has 1 aliphatic heterocycles. The molecular weight excluding hydrogens is 278 g/mol. The number of fused-ring (bicyclic) bond motifs is 1. The number of hydrogen-bond acceptors (Lipinski definition) is 5. The van der Waals surface area contributed by atoms with Gasteiger partial charge in [0.25, 0.3) is 5.56 Å². The molecule has 0 radical (unpaired) electrons. The highest BCUT2D eigenvalue weighted by atomic mass is 16.1. The van der Waals surface area contributed by atoms with E-state index >= 15 is 0 Å². The number of aromatic nitrogens is 4. The van der Waals surface area contributed by atoms with Gasteiger partial charge in [-0.25, -0.2) is 14.6 Å². The second-order valence-electron chi connectivity index (χ2n) is 6.22. The van der Waals surface area contributed by atoms with E-state index in [1.807, 2.05) is 6.07 Å². The van der Waals surface area contributed by atoms with Crippen LogP contribution in [0.3, 0.4) is 0 Å². The minimum absolute atomic E-state index is 0.0468. The van der Waals surface area contributed by atoms with Gasteiger partial charge >= 0.3 is 0 Å². The summed E-state index contributed by atoms with van der Waals surface area (Å²) < 4.78 is 1.66. The molecule has 0 bridgehead atoms. The molecule has 2 aromatic heterocycles. The zero-order chi connectivity index (χ0) is 14.9. The maximum atomic E-state index is 12.1. The van der Waals surface area contributed by atoms with Gasteiger partial charge in [0.15, 0.2) is 0 Å². The first-order valence-corrected chi connectivity index (χ1v) is 7.86. The molecular formula is C16H19N5O. The molecule has 1 fully saturated rings. The monoisotopic (exact) mass is 297 g/mol. The Hall–Kier alpha value is -2.08. The van der Waals surface area contributed by atoms with Crippen molar-refractivity contribution < 1.29 is 0 Å². The van der Waals surface area contributed by atoms with Crippen LogP contribution in [0.1, 0.15) is 23.5 Å². The predicted octanol–water partition coefficient (Wildman–Crippen LogP) is 0.654. The first-order valence-electron chi connectivity index (χ1n) is 7.86. The third-order valence-electron chi connectivity index (χ3n) is 4.47. The van der Waals surface area contributed by atoms with Crippen molar-refractivity contribution in [2.75, 3.05) is 13.1 Å². The molecule has 6 nitrogen and oxygen atoms in total. The quantitative estimate of drug-likeness (QED) is 0.829. The van der Waals surface area contributed by atoms with Gasteiger partial charge in [-0.1, -0.05) is 0 Å². The molecule has 0 N–H and O–H groups in total. The van der Waals surface area contributed by atoms with Crippen molar-refractivity contribution in [3.8, 4) is 0 Å². The van der Waals surface area contributed by atoms with Crippen LogP contribution in [0, 0.1) is 5.92 Å². The Labute approximate surface area is 128 Å². The first-order chi connectivity index (χ1) is 10.8. The molecule has 0 aromatic carbocycles. The number of rotatable bonds is 4. The van der Waals surface area contributed by atoms with E-state index in [4.69, 9.17) is 0 Å². The largest absolute Gasteiger partial charge is 0.295 e. The van der Waals surface area contributed by atoms with Crippen molar-refractivity contribution in [3.63, 3.8) is 0 Å². The van der Waals surface area contributed by atoms with Crippen LogP contribution in [0.25, 0.3) is 0 Å². The third kappa shape index (κ3) is 2.66. The summed E-state index contributed by atoms with van der Waals surface area (Å²) in [6.07, 6.45) is 6.69. The molecule has 3 heterocycles. The van der Waals surface area contributed by atoms with E-state index < -0.39 is 0 Å². The standard InChI is InChI=1S/C16H19N5O/c22-16-7-13-3-1-4-14(13)19-21(16)10-12-8-20(9-12)11-15-17-5-2-6-18-15/h2,5-7,12H,1,3-4,8-11H2. The Morgan fingerprint density at radius 3 is 2.82 bits per heavy atom. The summed E-state index contributed by atoms with van der Waals surface area (Å²) in [5, 5.41) is 4.54. The molecule has 114 valence electrons. The van der Waals surface area contributed by atoms with Gasteiger partial charge in [0.05, 0.1) is 18.8 Å². The van der Waals surface area contributed by atoms with Crippen LogP contribution in [-0.2, 0) is 25.9 Å². The molecule has 4 rings (SSSR count). The lowest BCUT2D eigenvalue weighted by atomic mass is 10.0. The van der Waals surface area contributed by atoms with E-state index in [1.165, 1.54) is 0 Å². The number of nitrogens with zero attached hydrogens (tertiary/aromatic N) is 5. The van der Waals surface area contributed by atoms with Crippen molar-refractivity contribution >= 4 is 0 Å². The topological polar surface area (TPSA) is 63.9 Å². The Kier molecular flexibility index (Phi) is 3.46. The van der Waals surface area contributed by atoms with E-state index in [9.17, 15) is 4.79 Å². The summed E-state index contributed by atoms with van der Waals surface area (Å²) in [6, 6.07) is 3.61. The fourth-order valence-electron chi connectivity index (χ4n) is 3.35. The Balaban J connectivity index is 1.36. The van der Waals surface area contributed by atoms with E-state index in [2.05, 4.69) is 20.0 Å². The first kappa shape index (κ1) is 13.6. The van der Waals surface area contributed by atoms with Crippen molar-refractivity contribution in [3.05, 3.63) is 52.0 Å². The molecule has 0 saturated carbocycles. The number of aryl methyl sites for hydroxylation is 2. The Morgan fingerprint density at radius 1 is 1.18 bits per heavy atom. The Bertz CT molecular complexity index is 721. The van der Waals surface area contributed by atoms with Gasteiger partial charge in [-0.2, -0.15) is 5.10 Å². The average molecular weight is 297 g/mol. The lowest BCUT2D eigenvalue weighted by Crippen LogP contribution is -2.49. The summed E-state index contributed by atoms with van der Waals surface area (Å²) in [7, 11) is 0. The zero-order valence-electron chi connectivity index (χ0n) is 12.5. The lowest BCUT2D eigenvalue weighted by Gasteiger charge is -2.38. The third-order valence-corrected chi connectivity index (χ3v) is 4.47. The highest BCUT2D eigenvalue weighted by Crippen LogP contribution is 2.20. The van der Waals surface area contributed by atoms with Gasteiger partial charge in [0.2, 0.25) is 0 Å². The van der Waals surface area contributed by atoms with Crippen molar-refractivity contribution in [1.82, 2.24) is 24.6 Å². The molecule has 0 spiro atoms. The molecule has 2 aromatic rings. The predicted molar refractivity (Wildman–Crippen MR) is 81.3 cm³/mol. The van der Waals surface area contributed by atoms with E-state index in [0.29, 0.717) is 5.92 Å². The van der Waals surface area contributed by atoms with Crippen LogP contribution in [0.5, 0.6) is 0 Å². The Morgan fingerprint density at radius 2 is 2.00 bits per heavy atom. The molecule has 2 aliphatic rings. The highest BCUT2D eigenvalue weighted by Gasteiger charge is 2.28. The number of hydrogen-bond donors (Lipinski definition) is 0. The SMILES string of the molecule is O=c1cc2c(nn1CC1CN(Cc3ncccn3)C1)CCC2. The molecule has 0 atom stereocenters. The van der Waals surface area contributed by atoms with Crippen molar-refractivity contribution in [2.24, 2.45) is 5.92 Å². The summed E-state index contributed by atoms with van der Waals surface area (Å²) in [6.45, 7) is 3.45. The maximum Gasteiger partial charge on any atom is 0.267 e. The fraction of sp³-hybridized carbons (Fsp3) is 0.500. The van der Waals surface area contributed by atoms with Gasteiger partial charge in [-0.05, 0) is 30.9 Å². The van der Waals surface area contributed by atoms with Crippen LogP contribution in [0.4, 0.5) is 0 Å². The molecule has 0 unspecified atom stereocenters. The summed E-state index contributed by atoms with van der Waals surface area (Å²) >= 11 is 0. The van der Waals surface area contributed by atoms with Crippen molar-refractivity contribution in [2.45, 2.75) is 32.4 Å². The van der Waals surface area contributed by atoms with Crippen LogP contribution in [0.2, 0.25) is 0 Å². The van der Waals surface area contributed by atoms with Gasteiger partial charge in [-0.15, -0.1) is 0 Å². The van der Waals surface area contributed by atoms with E-state index in [-0.39, 0.29) is 5.56 Å². The normalized spacial score (nSPS) is 18.2. The van der Waals surface area contributed by atoms with Crippen LogP contribution in [0.15, 0.2) is 29.3 Å². The van der Waals surface area contributed by atoms with Gasteiger partial charge in [0, 0.05) is 37.5 Å². The molecule has 0 amide bonds. The lowest BCUT2D eigenvalue weighted by molar-refractivity contribution is 0.0739. The number of likely N-dealkylation sites (tertiary alicyclic amines) is 1. The van der Waals surface area contributed by atoms with Gasteiger partial charge in [-0.3, -0.25) is 9.69 Å². The minimum Gasteiger partial charge on any atom is -0.295 e. The second-order valence-corrected chi connectivity index (χ2v) is 6.22. The summed E-state index contributed by atoms with van der Waals surface area (Å²) in [4.78, 5) is 22.9. The average Bonchev–Trinajstić information content (AvgIpc) is 2.93. The molecule has 6 heteroatoms. The fourth-order valence-corrected chi connectivity index (χ4v) is 3.35. The maximum absolute atomic E-state index is 12.1. The summed E-state index contributed by atoms with van der Waals surface area (Å²) in [5.41, 5.74) is 2.32. The molecule has 22 heavy (non-hydrogen) atoms. The zero-order valence-corrected chi connectivity index (χ0v) is 12.5. The molecule has 1 aliphatic carbocycles.